The first kappa shape index (κ1) is 11.2. The first-order valence-electron chi connectivity index (χ1n) is 5.56. The lowest BCUT2D eigenvalue weighted by Gasteiger charge is -2.15. The summed E-state index contributed by atoms with van der Waals surface area (Å²) < 4.78 is 2.14. The molecule has 0 radical (unpaired) electrons. The minimum atomic E-state index is 0.684. The second-order valence-corrected chi connectivity index (χ2v) is 3.61. The Morgan fingerprint density at radius 3 is 2.86 bits per heavy atom. The number of nitrogens with zero attached hydrogens (tertiary/aromatic N) is 2. The molecule has 80 valence electrons. The summed E-state index contributed by atoms with van der Waals surface area (Å²) in [5.41, 5.74) is 0. The summed E-state index contributed by atoms with van der Waals surface area (Å²) >= 11 is 0. The molecule has 0 aliphatic heterocycles. The summed E-state index contributed by atoms with van der Waals surface area (Å²) in [5, 5.41) is 3.49. The fourth-order valence-corrected chi connectivity index (χ4v) is 1.68. The van der Waals surface area contributed by atoms with E-state index in [2.05, 4.69) is 28.7 Å². The Kier molecular flexibility index (Phi) is 5.30. The Bertz CT molecular complexity index is 218. The van der Waals surface area contributed by atoms with Gasteiger partial charge in [0.25, 0.3) is 0 Å². The summed E-state index contributed by atoms with van der Waals surface area (Å²) in [7, 11) is 0. The van der Waals surface area contributed by atoms with Gasteiger partial charge in [-0.15, -0.1) is 0 Å². The van der Waals surface area contributed by atoms with E-state index in [9.17, 15) is 0 Å². The molecule has 0 aromatic carbocycles. The summed E-state index contributed by atoms with van der Waals surface area (Å²) in [6.45, 7) is 6.56. The maximum absolute atomic E-state index is 4.02. The van der Waals surface area contributed by atoms with Crippen LogP contribution in [0.3, 0.4) is 0 Å². The molecule has 0 aliphatic rings. The van der Waals surface area contributed by atoms with Crippen molar-refractivity contribution in [1.82, 2.24) is 14.9 Å². The first-order chi connectivity index (χ1) is 6.86. The van der Waals surface area contributed by atoms with Gasteiger partial charge >= 0.3 is 0 Å². The van der Waals surface area contributed by atoms with Gasteiger partial charge in [0, 0.05) is 25.0 Å². The second-order valence-electron chi connectivity index (χ2n) is 3.61. The molecular formula is C11H21N3. The number of hydrogen-bond acceptors (Lipinski definition) is 2. The van der Waals surface area contributed by atoms with Crippen LogP contribution in [0.25, 0.3) is 0 Å². The first-order valence-corrected chi connectivity index (χ1v) is 5.56. The highest BCUT2D eigenvalue weighted by atomic mass is 15.0. The molecule has 14 heavy (non-hydrogen) atoms. The molecule has 0 saturated heterocycles. The van der Waals surface area contributed by atoms with E-state index in [1.54, 1.807) is 0 Å². The lowest BCUT2D eigenvalue weighted by Crippen LogP contribution is -2.28. The van der Waals surface area contributed by atoms with E-state index in [1.807, 2.05) is 18.7 Å². The standard InChI is InChI=1S/C11H21N3/c1-3-11(13-4-2)6-5-8-14-9-7-12-10-14/h7,9-11,13H,3-6,8H2,1-2H3. The van der Waals surface area contributed by atoms with Crippen molar-refractivity contribution in [3.8, 4) is 0 Å². The van der Waals surface area contributed by atoms with Gasteiger partial charge in [-0.25, -0.2) is 4.98 Å². The lowest BCUT2D eigenvalue weighted by molar-refractivity contribution is 0.449. The quantitative estimate of drug-likeness (QED) is 0.721. The van der Waals surface area contributed by atoms with E-state index in [4.69, 9.17) is 0 Å². The largest absolute Gasteiger partial charge is 0.337 e. The third-order valence-electron chi connectivity index (χ3n) is 2.51. The van der Waals surface area contributed by atoms with E-state index in [0.717, 1.165) is 13.1 Å². The molecule has 0 spiro atoms. The molecule has 1 aromatic heterocycles. The highest BCUT2D eigenvalue weighted by Gasteiger charge is 2.03. The SMILES string of the molecule is CCNC(CC)CCCn1ccnc1. The molecule has 0 saturated carbocycles. The summed E-state index contributed by atoms with van der Waals surface area (Å²) in [6, 6.07) is 0.684. The van der Waals surface area contributed by atoms with Gasteiger partial charge in [-0.05, 0) is 25.8 Å². The smallest absolute Gasteiger partial charge is 0.0945 e. The molecule has 1 aromatic rings. The third-order valence-corrected chi connectivity index (χ3v) is 2.51. The number of aryl methyl sites for hydroxylation is 1. The topological polar surface area (TPSA) is 29.9 Å². The molecule has 1 unspecified atom stereocenters. The monoisotopic (exact) mass is 195 g/mol. The summed E-state index contributed by atoms with van der Waals surface area (Å²) in [6.07, 6.45) is 9.44. The molecule has 3 heteroatoms. The van der Waals surface area contributed by atoms with Crippen molar-refractivity contribution in [2.24, 2.45) is 0 Å². The Labute approximate surface area is 86.5 Å². The molecule has 3 nitrogen and oxygen atoms in total. The van der Waals surface area contributed by atoms with Crippen molar-refractivity contribution in [2.75, 3.05) is 6.54 Å². The van der Waals surface area contributed by atoms with Crippen LogP contribution in [-0.2, 0) is 6.54 Å². The van der Waals surface area contributed by atoms with Crippen molar-refractivity contribution in [3.63, 3.8) is 0 Å². The van der Waals surface area contributed by atoms with Crippen LogP contribution in [0.15, 0.2) is 18.7 Å². The zero-order valence-corrected chi connectivity index (χ0v) is 9.24. The van der Waals surface area contributed by atoms with Crippen molar-refractivity contribution < 1.29 is 0 Å². The Balaban J connectivity index is 2.13. The zero-order valence-electron chi connectivity index (χ0n) is 9.24. The minimum absolute atomic E-state index is 0.684. The molecule has 1 atom stereocenters. The zero-order chi connectivity index (χ0) is 10.2. The Hall–Kier alpha value is -0.830. The van der Waals surface area contributed by atoms with Gasteiger partial charge < -0.3 is 9.88 Å². The van der Waals surface area contributed by atoms with Crippen molar-refractivity contribution in [1.29, 1.82) is 0 Å². The molecule has 0 bridgehead atoms. The third kappa shape index (κ3) is 3.92. The summed E-state index contributed by atoms with van der Waals surface area (Å²) in [4.78, 5) is 4.02. The number of aromatic nitrogens is 2. The average molecular weight is 195 g/mol. The van der Waals surface area contributed by atoms with Crippen molar-refractivity contribution in [2.45, 2.75) is 45.7 Å². The molecular weight excluding hydrogens is 174 g/mol. The number of nitrogens with one attached hydrogen (secondary N) is 1. The molecule has 1 rings (SSSR count). The van der Waals surface area contributed by atoms with Crippen LogP contribution in [-0.4, -0.2) is 22.1 Å². The van der Waals surface area contributed by atoms with Gasteiger partial charge in [0.2, 0.25) is 0 Å². The van der Waals surface area contributed by atoms with Crippen LogP contribution < -0.4 is 5.32 Å². The highest BCUT2D eigenvalue weighted by Crippen LogP contribution is 2.03. The second kappa shape index (κ2) is 6.60. The van der Waals surface area contributed by atoms with Gasteiger partial charge in [0.15, 0.2) is 0 Å². The molecule has 1 heterocycles. The molecule has 0 amide bonds. The van der Waals surface area contributed by atoms with Crippen molar-refractivity contribution >= 4 is 0 Å². The minimum Gasteiger partial charge on any atom is -0.337 e. The van der Waals surface area contributed by atoms with E-state index in [1.165, 1.54) is 19.3 Å². The van der Waals surface area contributed by atoms with E-state index in [-0.39, 0.29) is 0 Å². The van der Waals surface area contributed by atoms with Gasteiger partial charge in [0.05, 0.1) is 6.33 Å². The summed E-state index contributed by atoms with van der Waals surface area (Å²) in [5.74, 6) is 0. The van der Waals surface area contributed by atoms with Crippen LogP contribution in [0, 0.1) is 0 Å². The van der Waals surface area contributed by atoms with Crippen LogP contribution in [0.5, 0.6) is 0 Å². The van der Waals surface area contributed by atoms with E-state index >= 15 is 0 Å². The number of hydrogen-bond donors (Lipinski definition) is 1. The maximum Gasteiger partial charge on any atom is 0.0945 e. The number of rotatable bonds is 7. The number of imidazole rings is 1. The van der Waals surface area contributed by atoms with Crippen LogP contribution in [0.2, 0.25) is 0 Å². The predicted molar refractivity (Wildman–Crippen MR) is 59.2 cm³/mol. The molecule has 0 fully saturated rings. The van der Waals surface area contributed by atoms with Crippen LogP contribution >= 0.6 is 0 Å². The van der Waals surface area contributed by atoms with Gasteiger partial charge in [0.1, 0.15) is 0 Å². The van der Waals surface area contributed by atoms with E-state index < -0.39 is 0 Å². The van der Waals surface area contributed by atoms with Crippen molar-refractivity contribution in [3.05, 3.63) is 18.7 Å². The molecule has 1 N–H and O–H groups in total. The van der Waals surface area contributed by atoms with Gasteiger partial charge in [-0.2, -0.15) is 0 Å². The van der Waals surface area contributed by atoms with Gasteiger partial charge in [-0.1, -0.05) is 13.8 Å². The molecule has 0 aliphatic carbocycles. The Morgan fingerprint density at radius 1 is 1.43 bits per heavy atom. The maximum atomic E-state index is 4.02. The highest BCUT2D eigenvalue weighted by molar-refractivity contribution is 4.74. The van der Waals surface area contributed by atoms with Crippen LogP contribution in [0.1, 0.15) is 33.1 Å². The normalized spacial score (nSPS) is 13.0. The average Bonchev–Trinajstić information content (AvgIpc) is 2.69. The van der Waals surface area contributed by atoms with Crippen LogP contribution in [0.4, 0.5) is 0 Å². The fraction of sp³-hybridized carbons (Fsp3) is 0.727. The fourth-order valence-electron chi connectivity index (χ4n) is 1.68. The Morgan fingerprint density at radius 2 is 2.29 bits per heavy atom. The predicted octanol–water partition coefficient (Wildman–Crippen LogP) is 2.05. The lowest BCUT2D eigenvalue weighted by atomic mass is 10.1. The van der Waals surface area contributed by atoms with Gasteiger partial charge in [-0.3, -0.25) is 0 Å². The van der Waals surface area contributed by atoms with E-state index in [0.29, 0.717) is 6.04 Å².